The Kier molecular flexibility index (Phi) is 5.00. The number of pyridine rings is 1. The minimum absolute atomic E-state index is 0.168. The summed E-state index contributed by atoms with van der Waals surface area (Å²) >= 11 is 0. The number of sulfone groups is 1. The van der Waals surface area contributed by atoms with Crippen LogP contribution in [0.1, 0.15) is 19.3 Å². The molecule has 0 fully saturated rings. The molecule has 0 unspecified atom stereocenters. The molecule has 144 valence electrons. The van der Waals surface area contributed by atoms with E-state index in [1.165, 1.54) is 0 Å². The molecule has 0 saturated carbocycles. The highest BCUT2D eigenvalue weighted by Crippen LogP contribution is 2.27. The van der Waals surface area contributed by atoms with Crippen LogP contribution in [0.5, 0.6) is 0 Å². The highest BCUT2D eigenvalue weighted by atomic mass is 32.2. The minimum atomic E-state index is -3.21. The zero-order valence-electron chi connectivity index (χ0n) is 15.5. The second-order valence-corrected chi connectivity index (χ2v) is 8.95. The second-order valence-electron chi connectivity index (χ2n) is 6.84. The fourth-order valence-electron chi connectivity index (χ4n) is 3.47. The van der Waals surface area contributed by atoms with E-state index in [-0.39, 0.29) is 5.75 Å². The Morgan fingerprint density at radius 3 is 2.50 bits per heavy atom. The molecule has 4 rings (SSSR count). The van der Waals surface area contributed by atoms with Gasteiger partial charge in [-0.15, -0.1) is 0 Å². The molecule has 7 heteroatoms. The third-order valence-corrected chi connectivity index (χ3v) is 6.71. The van der Waals surface area contributed by atoms with Crippen LogP contribution in [-0.2, 0) is 16.4 Å². The molecular weight excluding hydrogens is 372 g/mol. The van der Waals surface area contributed by atoms with Gasteiger partial charge in [0.15, 0.2) is 15.7 Å². The van der Waals surface area contributed by atoms with E-state index in [9.17, 15) is 8.42 Å². The molecule has 2 aromatic carbocycles. The van der Waals surface area contributed by atoms with E-state index < -0.39 is 9.84 Å². The standard InChI is InChI=1S/C21H22N4O2S/c22-21-19-20(17-11-5-6-12-18(17)24-21)25(15-23-19)13-7-2-8-14-28(26,27)16-9-3-1-4-10-16/h1,3-6,9-12,15H,2,7-8,13-14H2,(H2,22,24). The summed E-state index contributed by atoms with van der Waals surface area (Å²) in [6, 6.07) is 16.5. The molecule has 0 amide bonds. The van der Waals surface area contributed by atoms with E-state index >= 15 is 0 Å². The molecule has 0 aliphatic rings. The van der Waals surface area contributed by atoms with Crippen LogP contribution >= 0.6 is 0 Å². The Hall–Kier alpha value is -2.93. The van der Waals surface area contributed by atoms with Crippen LogP contribution in [0.15, 0.2) is 65.8 Å². The molecule has 0 radical (unpaired) electrons. The van der Waals surface area contributed by atoms with Gasteiger partial charge in [-0.3, -0.25) is 0 Å². The maximum Gasteiger partial charge on any atom is 0.178 e. The first-order valence-corrected chi connectivity index (χ1v) is 11.0. The van der Waals surface area contributed by atoms with Crippen molar-refractivity contribution in [2.45, 2.75) is 30.7 Å². The van der Waals surface area contributed by atoms with E-state index in [2.05, 4.69) is 14.5 Å². The minimum Gasteiger partial charge on any atom is -0.382 e. The average Bonchev–Trinajstić information content (AvgIpc) is 3.13. The largest absolute Gasteiger partial charge is 0.382 e. The lowest BCUT2D eigenvalue weighted by atomic mass is 10.2. The number of benzene rings is 2. The van der Waals surface area contributed by atoms with Crippen molar-refractivity contribution in [3.63, 3.8) is 0 Å². The SMILES string of the molecule is Nc1nc2ccccc2c2c1ncn2CCCCCS(=O)(=O)c1ccccc1. The number of fused-ring (bicyclic) bond motifs is 3. The van der Waals surface area contributed by atoms with E-state index in [0.29, 0.717) is 22.7 Å². The first-order chi connectivity index (χ1) is 13.6. The van der Waals surface area contributed by atoms with E-state index in [4.69, 9.17) is 5.73 Å². The van der Waals surface area contributed by atoms with Crippen molar-refractivity contribution < 1.29 is 8.42 Å². The number of para-hydroxylation sites is 1. The van der Waals surface area contributed by atoms with E-state index in [0.717, 1.165) is 35.8 Å². The molecule has 6 nitrogen and oxygen atoms in total. The van der Waals surface area contributed by atoms with Gasteiger partial charge in [-0.2, -0.15) is 0 Å². The lowest BCUT2D eigenvalue weighted by Crippen LogP contribution is -2.07. The van der Waals surface area contributed by atoms with Crippen molar-refractivity contribution in [2.75, 3.05) is 11.5 Å². The van der Waals surface area contributed by atoms with Crippen LogP contribution in [0.2, 0.25) is 0 Å². The van der Waals surface area contributed by atoms with E-state index in [1.54, 1.807) is 30.6 Å². The van der Waals surface area contributed by atoms with Crippen molar-refractivity contribution in [2.24, 2.45) is 0 Å². The smallest absolute Gasteiger partial charge is 0.178 e. The monoisotopic (exact) mass is 394 g/mol. The maximum atomic E-state index is 12.3. The number of aromatic nitrogens is 3. The molecule has 0 atom stereocenters. The fourth-order valence-corrected chi connectivity index (χ4v) is 4.86. The van der Waals surface area contributed by atoms with Gasteiger partial charge in [0.05, 0.1) is 28.0 Å². The average molecular weight is 394 g/mol. The van der Waals surface area contributed by atoms with Crippen molar-refractivity contribution in [1.82, 2.24) is 14.5 Å². The maximum absolute atomic E-state index is 12.3. The van der Waals surface area contributed by atoms with Gasteiger partial charge in [-0.1, -0.05) is 42.8 Å². The highest BCUT2D eigenvalue weighted by Gasteiger charge is 2.14. The lowest BCUT2D eigenvalue weighted by Gasteiger charge is -2.08. The van der Waals surface area contributed by atoms with Gasteiger partial charge >= 0.3 is 0 Å². The normalized spacial score (nSPS) is 12.0. The van der Waals surface area contributed by atoms with Crippen LogP contribution < -0.4 is 5.73 Å². The number of rotatable bonds is 7. The summed E-state index contributed by atoms with van der Waals surface area (Å²) in [5.41, 5.74) is 8.61. The van der Waals surface area contributed by atoms with Gasteiger partial charge in [-0.25, -0.2) is 18.4 Å². The highest BCUT2D eigenvalue weighted by molar-refractivity contribution is 7.91. The molecule has 0 bridgehead atoms. The number of aryl methyl sites for hydroxylation is 1. The molecule has 4 aromatic rings. The summed E-state index contributed by atoms with van der Waals surface area (Å²) < 4.78 is 26.8. The zero-order chi connectivity index (χ0) is 19.6. The van der Waals surface area contributed by atoms with Gasteiger partial charge in [0, 0.05) is 11.9 Å². The number of imidazole rings is 1. The van der Waals surface area contributed by atoms with Crippen molar-refractivity contribution in [3.05, 3.63) is 60.9 Å². The van der Waals surface area contributed by atoms with Crippen LogP contribution in [-0.4, -0.2) is 28.7 Å². The lowest BCUT2D eigenvalue weighted by molar-refractivity contribution is 0.581. The summed E-state index contributed by atoms with van der Waals surface area (Å²) in [5, 5.41) is 1.02. The number of unbranched alkanes of at least 4 members (excludes halogenated alkanes) is 2. The number of hydrogen-bond donors (Lipinski definition) is 1. The fraction of sp³-hybridized carbons (Fsp3) is 0.238. The number of hydrogen-bond acceptors (Lipinski definition) is 5. The molecule has 28 heavy (non-hydrogen) atoms. The number of nitrogens with zero attached hydrogens (tertiary/aromatic N) is 3. The molecule has 0 saturated heterocycles. The molecule has 2 heterocycles. The summed E-state index contributed by atoms with van der Waals surface area (Å²) in [6.07, 6.45) is 4.11. The predicted molar refractivity (Wildman–Crippen MR) is 112 cm³/mol. The quantitative estimate of drug-likeness (QED) is 0.481. The van der Waals surface area contributed by atoms with Gasteiger partial charge in [0.25, 0.3) is 0 Å². The summed E-state index contributed by atoms with van der Waals surface area (Å²) in [6.45, 7) is 0.759. The molecule has 0 spiro atoms. The van der Waals surface area contributed by atoms with Crippen LogP contribution in [0.4, 0.5) is 5.82 Å². The first-order valence-electron chi connectivity index (χ1n) is 9.33. The Morgan fingerprint density at radius 2 is 1.68 bits per heavy atom. The van der Waals surface area contributed by atoms with Crippen molar-refractivity contribution in [1.29, 1.82) is 0 Å². The van der Waals surface area contributed by atoms with Gasteiger partial charge in [0.1, 0.15) is 5.52 Å². The zero-order valence-corrected chi connectivity index (χ0v) is 16.3. The summed E-state index contributed by atoms with van der Waals surface area (Å²) in [5.74, 6) is 0.600. The summed E-state index contributed by atoms with van der Waals surface area (Å²) in [7, 11) is -3.21. The van der Waals surface area contributed by atoms with Gasteiger partial charge in [-0.05, 0) is 31.0 Å². The third-order valence-electron chi connectivity index (χ3n) is 4.89. The van der Waals surface area contributed by atoms with Crippen molar-refractivity contribution in [3.8, 4) is 0 Å². The Morgan fingerprint density at radius 1 is 0.929 bits per heavy atom. The summed E-state index contributed by atoms with van der Waals surface area (Å²) in [4.78, 5) is 9.24. The third kappa shape index (κ3) is 3.57. The Bertz CT molecular complexity index is 1220. The molecule has 0 aliphatic heterocycles. The molecule has 2 N–H and O–H groups in total. The molecular formula is C21H22N4O2S. The Labute approximate surface area is 164 Å². The van der Waals surface area contributed by atoms with Crippen LogP contribution in [0.25, 0.3) is 21.9 Å². The van der Waals surface area contributed by atoms with Gasteiger partial charge in [0.2, 0.25) is 0 Å². The predicted octanol–water partition coefficient (Wildman–Crippen LogP) is 3.81. The van der Waals surface area contributed by atoms with E-state index in [1.807, 2.05) is 30.3 Å². The topological polar surface area (TPSA) is 90.9 Å². The van der Waals surface area contributed by atoms with Gasteiger partial charge < -0.3 is 10.3 Å². The molecule has 0 aliphatic carbocycles. The Balaban J connectivity index is 1.43. The van der Waals surface area contributed by atoms with Crippen LogP contribution in [0.3, 0.4) is 0 Å². The van der Waals surface area contributed by atoms with Crippen LogP contribution in [0, 0.1) is 0 Å². The number of nitrogens with two attached hydrogens (primary N) is 1. The first kappa shape index (κ1) is 18.4. The molecule has 2 aromatic heterocycles. The van der Waals surface area contributed by atoms with Crippen molar-refractivity contribution >= 4 is 37.6 Å². The number of nitrogen functional groups attached to an aromatic ring is 1. The number of anilines is 1. The second kappa shape index (κ2) is 7.59.